The zero-order chi connectivity index (χ0) is 7.90. The molecule has 0 aliphatic carbocycles. The highest BCUT2D eigenvalue weighted by Crippen LogP contribution is 2.41. The zero-order valence-electron chi connectivity index (χ0n) is 7.56. The molecule has 2 fully saturated rings. The molecular formula is C9H18N2. The predicted molar refractivity (Wildman–Crippen MR) is 46.6 cm³/mol. The Morgan fingerprint density at radius 2 is 2.18 bits per heavy atom. The fourth-order valence-corrected chi connectivity index (χ4v) is 2.62. The van der Waals surface area contributed by atoms with Gasteiger partial charge in [-0.25, -0.2) is 0 Å². The van der Waals surface area contributed by atoms with Crippen LogP contribution in [-0.4, -0.2) is 38.1 Å². The largest absolute Gasteiger partial charge is 0.316 e. The Balaban J connectivity index is 2.00. The third-order valence-electron chi connectivity index (χ3n) is 3.47. The normalized spacial score (nSPS) is 37.1. The van der Waals surface area contributed by atoms with Gasteiger partial charge in [-0.2, -0.15) is 0 Å². The van der Waals surface area contributed by atoms with Gasteiger partial charge >= 0.3 is 0 Å². The highest BCUT2D eigenvalue weighted by Gasteiger charge is 2.45. The standard InChI is InChI=1S/C9H18N2/c1-8-5-10-4-3-9(8)6-11(2)7-9/h8,10H,3-7H2,1-2H3. The van der Waals surface area contributed by atoms with Gasteiger partial charge in [0, 0.05) is 18.5 Å². The van der Waals surface area contributed by atoms with E-state index in [1.165, 1.54) is 32.6 Å². The summed E-state index contributed by atoms with van der Waals surface area (Å²) in [7, 11) is 2.22. The molecule has 0 aromatic rings. The molecule has 64 valence electrons. The number of piperidine rings is 1. The van der Waals surface area contributed by atoms with Crippen molar-refractivity contribution in [3.05, 3.63) is 0 Å². The van der Waals surface area contributed by atoms with Gasteiger partial charge in [-0.3, -0.25) is 0 Å². The highest BCUT2D eigenvalue weighted by molar-refractivity contribution is 4.99. The molecule has 2 heterocycles. The van der Waals surface area contributed by atoms with E-state index in [4.69, 9.17) is 0 Å². The van der Waals surface area contributed by atoms with Crippen LogP contribution in [0.3, 0.4) is 0 Å². The minimum Gasteiger partial charge on any atom is -0.316 e. The van der Waals surface area contributed by atoms with Gasteiger partial charge in [0.25, 0.3) is 0 Å². The summed E-state index contributed by atoms with van der Waals surface area (Å²) in [6, 6.07) is 0. The molecule has 1 spiro atoms. The van der Waals surface area contributed by atoms with Crippen molar-refractivity contribution in [1.82, 2.24) is 10.2 Å². The first-order chi connectivity index (χ1) is 5.23. The monoisotopic (exact) mass is 154 g/mol. The number of nitrogens with one attached hydrogen (secondary N) is 1. The van der Waals surface area contributed by atoms with E-state index in [0.717, 1.165) is 5.92 Å². The van der Waals surface area contributed by atoms with Crippen LogP contribution in [-0.2, 0) is 0 Å². The molecule has 0 bridgehead atoms. The summed E-state index contributed by atoms with van der Waals surface area (Å²) in [5.41, 5.74) is 0.694. The summed E-state index contributed by atoms with van der Waals surface area (Å²) in [5, 5.41) is 3.45. The molecule has 11 heavy (non-hydrogen) atoms. The second-order valence-corrected chi connectivity index (χ2v) is 4.39. The van der Waals surface area contributed by atoms with Crippen LogP contribution in [0.25, 0.3) is 0 Å². The van der Waals surface area contributed by atoms with Crippen molar-refractivity contribution in [3.8, 4) is 0 Å². The van der Waals surface area contributed by atoms with Crippen molar-refractivity contribution in [2.24, 2.45) is 11.3 Å². The third kappa shape index (κ3) is 1.09. The molecule has 1 atom stereocenters. The Bertz CT molecular complexity index is 144. The van der Waals surface area contributed by atoms with Crippen LogP contribution in [0, 0.1) is 11.3 Å². The smallest absolute Gasteiger partial charge is 0.00510 e. The number of nitrogens with zero attached hydrogens (tertiary/aromatic N) is 1. The molecule has 0 radical (unpaired) electrons. The van der Waals surface area contributed by atoms with E-state index >= 15 is 0 Å². The van der Waals surface area contributed by atoms with Crippen molar-refractivity contribution in [3.63, 3.8) is 0 Å². The van der Waals surface area contributed by atoms with Crippen LogP contribution in [0.1, 0.15) is 13.3 Å². The summed E-state index contributed by atoms with van der Waals surface area (Å²) in [4.78, 5) is 2.43. The average Bonchev–Trinajstić information content (AvgIpc) is 1.92. The van der Waals surface area contributed by atoms with Gasteiger partial charge in [0.05, 0.1) is 0 Å². The minimum absolute atomic E-state index is 0.694. The van der Waals surface area contributed by atoms with Crippen LogP contribution in [0.5, 0.6) is 0 Å². The average molecular weight is 154 g/mol. The van der Waals surface area contributed by atoms with Crippen LogP contribution >= 0.6 is 0 Å². The number of rotatable bonds is 0. The first kappa shape index (κ1) is 7.56. The molecule has 0 amide bonds. The maximum Gasteiger partial charge on any atom is 0.00510 e. The van der Waals surface area contributed by atoms with E-state index in [2.05, 4.69) is 24.2 Å². The fourth-order valence-electron chi connectivity index (χ4n) is 2.62. The fraction of sp³-hybridized carbons (Fsp3) is 1.00. The van der Waals surface area contributed by atoms with Gasteiger partial charge < -0.3 is 10.2 Å². The van der Waals surface area contributed by atoms with E-state index in [9.17, 15) is 0 Å². The van der Waals surface area contributed by atoms with E-state index in [1.54, 1.807) is 0 Å². The minimum atomic E-state index is 0.694. The molecule has 2 aliphatic rings. The quantitative estimate of drug-likeness (QED) is 0.548. The molecule has 0 aromatic heterocycles. The van der Waals surface area contributed by atoms with Crippen molar-refractivity contribution in [2.45, 2.75) is 13.3 Å². The Labute approximate surface area is 69.0 Å². The van der Waals surface area contributed by atoms with Crippen molar-refractivity contribution in [1.29, 1.82) is 0 Å². The molecule has 0 saturated carbocycles. The van der Waals surface area contributed by atoms with Gasteiger partial charge in [0.2, 0.25) is 0 Å². The topological polar surface area (TPSA) is 15.3 Å². The molecular weight excluding hydrogens is 136 g/mol. The number of hydrogen-bond acceptors (Lipinski definition) is 2. The van der Waals surface area contributed by atoms with Gasteiger partial charge in [-0.05, 0) is 32.5 Å². The van der Waals surface area contributed by atoms with E-state index < -0.39 is 0 Å². The van der Waals surface area contributed by atoms with Crippen LogP contribution < -0.4 is 5.32 Å². The lowest BCUT2D eigenvalue weighted by molar-refractivity contribution is -0.0438. The highest BCUT2D eigenvalue weighted by atomic mass is 15.2. The molecule has 1 N–H and O–H groups in total. The first-order valence-corrected chi connectivity index (χ1v) is 4.62. The summed E-state index contributed by atoms with van der Waals surface area (Å²) >= 11 is 0. The molecule has 1 unspecified atom stereocenters. The summed E-state index contributed by atoms with van der Waals surface area (Å²) in [6.07, 6.45) is 1.39. The summed E-state index contributed by atoms with van der Waals surface area (Å²) < 4.78 is 0. The zero-order valence-corrected chi connectivity index (χ0v) is 7.56. The van der Waals surface area contributed by atoms with E-state index in [0.29, 0.717) is 5.41 Å². The molecule has 2 heteroatoms. The van der Waals surface area contributed by atoms with Crippen molar-refractivity contribution in [2.75, 3.05) is 33.2 Å². The van der Waals surface area contributed by atoms with Gasteiger partial charge in [-0.15, -0.1) is 0 Å². The Morgan fingerprint density at radius 1 is 1.45 bits per heavy atom. The second-order valence-electron chi connectivity index (χ2n) is 4.39. The second kappa shape index (κ2) is 2.46. The Hall–Kier alpha value is -0.0800. The SMILES string of the molecule is CC1CNCCC12CN(C)C2. The lowest BCUT2D eigenvalue weighted by atomic mass is 9.66. The predicted octanol–water partition coefficient (Wildman–Crippen LogP) is 0.548. The molecule has 2 nitrogen and oxygen atoms in total. The van der Waals surface area contributed by atoms with Crippen molar-refractivity contribution >= 4 is 0 Å². The van der Waals surface area contributed by atoms with Crippen LogP contribution in [0.2, 0.25) is 0 Å². The maximum absolute atomic E-state index is 3.45. The summed E-state index contributed by atoms with van der Waals surface area (Å²) in [5.74, 6) is 0.882. The number of likely N-dealkylation sites (tertiary alicyclic amines) is 1. The van der Waals surface area contributed by atoms with Gasteiger partial charge in [0.1, 0.15) is 0 Å². The molecule has 2 rings (SSSR count). The molecule has 2 aliphatic heterocycles. The molecule has 0 aromatic carbocycles. The summed E-state index contributed by atoms with van der Waals surface area (Å²) in [6.45, 7) is 7.51. The Morgan fingerprint density at radius 3 is 2.73 bits per heavy atom. The third-order valence-corrected chi connectivity index (χ3v) is 3.47. The van der Waals surface area contributed by atoms with Gasteiger partial charge in [-0.1, -0.05) is 6.92 Å². The van der Waals surface area contributed by atoms with Gasteiger partial charge in [0.15, 0.2) is 0 Å². The van der Waals surface area contributed by atoms with E-state index in [1.807, 2.05) is 0 Å². The lowest BCUT2D eigenvalue weighted by Gasteiger charge is -2.54. The Kier molecular flexibility index (Phi) is 1.69. The number of hydrogen-bond donors (Lipinski definition) is 1. The van der Waals surface area contributed by atoms with Crippen molar-refractivity contribution < 1.29 is 0 Å². The van der Waals surface area contributed by atoms with Crippen LogP contribution in [0.15, 0.2) is 0 Å². The van der Waals surface area contributed by atoms with E-state index in [-0.39, 0.29) is 0 Å². The first-order valence-electron chi connectivity index (χ1n) is 4.62. The van der Waals surface area contributed by atoms with Crippen LogP contribution in [0.4, 0.5) is 0 Å². The molecule has 2 saturated heterocycles. The lowest BCUT2D eigenvalue weighted by Crippen LogP contribution is -2.62. The maximum atomic E-state index is 3.45.